The average Bonchev–Trinajstić information content (AvgIpc) is 2.67. The molecular formula is C10H10N2O2S. The Kier molecular flexibility index (Phi) is 2.32. The number of nitrogens with zero attached hydrogens (tertiary/aromatic N) is 2. The third-order valence-electron chi connectivity index (χ3n) is 1.98. The first-order valence-corrected chi connectivity index (χ1v) is 5.86. The zero-order valence-corrected chi connectivity index (χ0v) is 8.98. The summed E-state index contributed by atoms with van der Waals surface area (Å²) in [6, 6.07) is 8.23. The summed E-state index contributed by atoms with van der Waals surface area (Å²) >= 11 is 0. The van der Waals surface area contributed by atoms with E-state index in [9.17, 15) is 8.42 Å². The van der Waals surface area contributed by atoms with E-state index in [1.54, 1.807) is 37.3 Å². The topological polar surface area (TPSA) is 52.0 Å². The second-order valence-corrected chi connectivity index (χ2v) is 5.00. The molecule has 0 bridgehead atoms. The van der Waals surface area contributed by atoms with Gasteiger partial charge in [0.25, 0.3) is 10.0 Å². The number of aryl methyl sites for hydroxylation is 1. The molecule has 0 fully saturated rings. The molecule has 0 saturated carbocycles. The van der Waals surface area contributed by atoms with Gasteiger partial charge in [0.1, 0.15) is 0 Å². The van der Waals surface area contributed by atoms with Crippen LogP contribution in [-0.2, 0) is 10.0 Å². The molecule has 4 nitrogen and oxygen atoms in total. The largest absolute Gasteiger partial charge is 0.282 e. The molecule has 15 heavy (non-hydrogen) atoms. The van der Waals surface area contributed by atoms with E-state index in [-0.39, 0.29) is 4.90 Å². The summed E-state index contributed by atoms with van der Waals surface area (Å²) in [5, 5.41) is 3.79. The molecule has 0 spiro atoms. The lowest BCUT2D eigenvalue weighted by Gasteiger charge is -2.02. The normalized spacial score (nSPS) is 11.5. The van der Waals surface area contributed by atoms with Gasteiger partial charge in [-0.3, -0.25) is 0 Å². The number of rotatable bonds is 2. The predicted octanol–water partition coefficient (Wildman–Crippen LogP) is 1.43. The van der Waals surface area contributed by atoms with Crippen LogP contribution in [-0.4, -0.2) is 17.6 Å². The van der Waals surface area contributed by atoms with Crippen molar-refractivity contribution in [3.63, 3.8) is 0 Å². The van der Waals surface area contributed by atoms with E-state index < -0.39 is 10.0 Å². The molecular weight excluding hydrogens is 212 g/mol. The van der Waals surface area contributed by atoms with Crippen LogP contribution in [0.1, 0.15) is 5.56 Å². The van der Waals surface area contributed by atoms with E-state index in [4.69, 9.17) is 0 Å². The van der Waals surface area contributed by atoms with E-state index in [1.165, 1.54) is 12.4 Å². The zero-order chi connectivity index (χ0) is 10.9. The van der Waals surface area contributed by atoms with E-state index in [2.05, 4.69) is 5.10 Å². The second kappa shape index (κ2) is 3.51. The Bertz CT molecular complexity index is 558. The molecule has 0 N–H and O–H groups in total. The van der Waals surface area contributed by atoms with Crippen LogP contribution in [0, 0.1) is 6.92 Å². The summed E-state index contributed by atoms with van der Waals surface area (Å²) in [4.78, 5) is 0.244. The van der Waals surface area contributed by atoms with Crippen molar-refractivity contribution in [3.05, 3.63) is 48.3 Å². The average molecular weight is 222 g/mol. The molecule has 2 rings (SSSR count). The Hall–Kier alpha value is -1.62. The maximum absolute atomic E-state index is 11.9. The van der Waals surface area contributed by atoms with Crippen molar-refractivity contribution < 1.29 is 8.42 Å². The fourth-order valence-electron chi connectivity index (χ4n) is 1.22. The molecule has 0 amide bonds. The Balaban J connectivity index is 2.54. The van der Waals surface area contributed by atoms with Crippen LogP contribution >= 0.6 is 0 Å². The number of benzene rings is 1. The van der Waals surface area contributed by atoms with Gasteiger partial charge in [0, 0.05) is 6.20 Å². The van der Waals surface area contributed by atoms with Crippen molar-refractivity contribution in [2.24, 2.45) is 0 Å². The van der Waals surface area contributed by atoms with Gasteiger partial charge in [0.15, 0.2) is 0 Å². The fourth-order valence-corrected chi connectivity index (χ4v) is 2.41. The molecule has 1 aromatic carbocycles. The molecule has 0 aliphatic rings. The Labute approximate surface area is 88.2 Å². The van der Waals surface area contributed by atoms with Crippen molar-refractivity contribution in [2.45, 2.75) is 11.8 Å². The van der Waals surface area contributed by atoms with Crippen molar-refractivity contribution in [1.82, 2.24) is 9.19 Å². The van der Waals surface area contributed by atoms with Crippen molar-refractivity contribution in [3.8, 4) is 0 Å². The maximum atomic E-state index is 11.9. The predicted molar refractivity (Wildman–Crippen MR) is 56.0 cm³/mol. The van der Waals surface area contributed by atoms with Crippen LogP contribution in [0.15, 0.2) is 47.6 Å². The van der Waals surface area contributed by atoms with E-state index >= 15 is 0 Å². The molecule has 0 saturated heterocycles. The van der Waals surface area contributed by atoms with Crippen LogP contribution in [0.3, 0.4) is 0 Å². The highest BCUT2D eigenvalue weighted by Crippen LogP contribution is 2.12. The molecule has 0 aliphatic carbocycles. The summed E-state index contributed by atoms with van der Waals surface area (Å²) in [6.07, 6.45) is 3.00. The van der Waals surface area contributed by atoms with Crippen molar-refractivity contribution >= 4 is 10.0 Å². The molecule has 2 aromatic rings. The smallest absolute Gasteiger partial charge is 0.199 e. The summed E-state index contributed by atoms with van der Waals surface area (Å²) in [6.45, 7) is 1.80. The zero-order valence-electron chi connectivity index (χ0n) is 8.16. The van der Waals surface area contributed by atoms with Gasteiger partial charge in [-0.15, -0.1) is 0 Å². The molecule has 0 aliphatic heterocycles. The first kappa shape index (κ1) is 9.92. The van der Waals surface area contributed by atoms with Crippen LogP contribution in [0.25, 0.3) is 0 Å². The molecule has 1 heterocycles. The minimum atomic E-state index is -3.51. The third-order valence-corrected chi connectivity index (χ3v) is 3.54. The highest BCUT2D eigenvalue weighted by atomic mass is 32.2. The first-order valence-electron chi connectivity index (χ1n) is 4.42. The summed E-state index contributed by atoms with van der Waals surface area (Å²) in [5.41, 5.74) is 0.814. The minimum Gasteiger partial charge on any atom is -0.199 e. The second-order valence-electron chi connectivity index (χ2n) is 3.21. The van der Waals surface area contributed by atoms with E-state index in [0.717, 1.165) is 9.65 Å². The highest BCUT2D eigenvalue weighted by molar-refractivity contribution is 7.89. The summed E-state index contributed by atoms with van der Waals surface area (Å²) in [7, 11) is -3.51. The maximum Gasteiger partial charge on any atom is 0.282 e. The van der Waals surface area contributed by atoms with Gasteiger partial charge in [-0.2, -0.15) is 17.6 Å². The summed E-state index contributed by atoms with van der Waals surface area (Å²) in [5.74, 6) is 0. The third kappa shape index (κ3) is 1.78. The van der Waals surface area contributed by atoms with Gasteiger partial charge < -0.3 is 0 Å². The SMILES string of the molecule is Cc1cnn(S(=O)(=O)c2ccccc2)c1. The molecule has 5 heteroatoms. The number of hydrogen-bond donors (Lipinski definition) is 0. The Morgan fingerprint density at radius 1 is 1.20 bits per heavy atom. The first-order chi connectivity index (χ1) is 7.10. The molecule has 0 unspecified atom stereocenters. The fraction of sp³-hybridized carbons (Fsp3) is 0.100. The van der Waals surface area contributed by atoms with Crippen LogP contribution < -0.4 is 0 Å². The van der Waals surface area contributed by atoms with Crippen LogP contribution in [0.4, 0.5) is 0 Å². The molecule has 0 radical (unpaired) electrons. The minimum absolute atomic E-state index is 0.244. The monoisotopic (exact) mass is 222 g/mol. The van der Waals surface area contributed by atoms with Gasteiger partial charge in [-0.1, -0.05) is 18.2 Å². The van der Waals surface area contributed by atoms with Crippen LogP contribution in [0.2, 0.25) is 0 Å². The van der Waals surface area contributed by atoms with Crippen LogP contribution in [0.5, 0.6) is 0 Å². The Morgan fingerprint density at radius 3 is 2.40 bits per heavy atom. The van der Waals surface area contributed by atoms with E-state index in [1.807, 2.05) is 0 Å². The quantitative estimate of drug-likeness (QED) is 0.772. The lowest BCUT2D eigenvalue weighted by Crippen LogP contribution is -2.13. The van der Waals surface area contributed by atoms with Crippen molar-refractivity contribution in [1.29, 1.82) is 0 Å². The molecule has 0 atom stereocenters. The Morgan fingerprint density at radius 2 is 1.87 bits per heavy atom. The van der Waals surface area contributed by atoms with Gasteiger partial charge in [-0.25, -0.2) is 0 Å². The van der Waals surface area contributed by atoms with Gasteiger partial charge >= 0.3 is 0 Å². The standard InChI is InChI=1S/C10H10N2O2S/c1-9-7-11-12(8-9)15(13,14)10-5-3-2-4-6-10/h2-8H,1H3. The van der Waals surface area contributed by atoms with Gasteiger partial charge in [-0.05, 0) is 24.6 Å². The lowest BCUT2D eigenvalue weighted by atomic mass is 10.4. The summed E-state index contributed by atoms with van der Waals surface area (Å²) < 4.78 is 24.9. The highest BCUT2D eigenvalue weighted by Gasteiger charge is 2.16. The molecule has 1 aromatic heterocycles. The van der Waals surface area contributed by atoms with E-state index in [0.29, 0.717) is 0 Å². The van der Waals surface area contributed by atoms with Gasteiger partial charge in [0.2, 0.25) is 0 Å². The number of hydrogen-bond acceptors (Lipinski definition) is 3. The number of aromatic nitrogens is 2. The van der Waals surface area contributed by atoms with Crippen molar-refractivity contribution in [2.75, 3.05) is 0 Å². The molecule has 78 valence electrons. The lowest BCUT2D eigenvalue weighted by molar-refractivity contribution is 0.580. The van der Waals surface area contributed by atoms with Gasteiger partial charge in [0.05, 0.1) is 11.1 Å².